The summed E-state index contributed by atoms with van der Waals surface area (Å²) in [5, 5.41) is 42.2. The maximum absolute atomic E-state index is 12.1. The highest BCUT2D eigenvalue weighted by Gasteiger charge is 2.47. The number of aliphatic hydroxyl groups excluding tert-OH is 4. The number of carbonyl (C=O) groups is 1. The van der Waals surface area contributed by atoms with Crippen molar-refractivity contribution < 1.29 is 67.0 Å². The number of aliphatic hydroxyl groups is 4. The Morgan fingerprint density at radius 3 is 2.56 bits per heavy atom. The van der Waals surface area contributed by atoms with Crippen LogP contribution >= 0.6 is 15.6 Å². The van der Waals surface area contributed by atoms with E-state index in [4.69, 9.17) is 9.47 Å². The van der Waals surface area contributed by atoms with Crippen molar-refractivity contribution in [3.63, 3.8) is 0 Å². The highest BCUT2D eigenvalue weighted by atomic mass is 31.3. The molecule has 18 heteroatoms. The van der Waals surface area contributed by atoms with Crippen molar-refractivity contribution in [3.05, 3.63) is 24.7 Å². The van der Waals surface area contributed by atoms with E-state index in [2.05, 4.69) is 25.3 Å². The number of nitrogens with one attached hydrogen (secondary N) is 1. The van der Waals surface area contributed by atoms with E-state index >= 15 is 0 Å². The van der Waals surface area contributed by atoms with Gasteiger partial charge in [0.2, 0.25) is 0 Å². The van der Waals surface area contributed by atoms with Gasteiger partial charge in [-0.1, -0.05) is 6.58 Å². The van der Waals surface area contributed by atoms with Gasteiger partial charge in [-0.2, -0.15) is 0 Å². The number of nitrogens with zero attached hydrogens (tertiary/aromatic N) is 1. The number of rotatable bonds is 8. The van der Waals surface area contributed by atoms with E-state index < -0.39 is 77.3 Å². The molecular formula is C16H25N2O14P2-. The third-order valence-electron chi connectivity index (χ3n) is 5.03. The Labute approximate surface area is 193 Å². The molecule has 34 heavy (non-hydrogen) atoms. The highest BCUT2D eigenvalue weighted by molar-refractivity contribution is 7.60. The summed E-state index contributed by atoms with van der Waals surface area (Å²) in [6, 6.07) is 0. The van der Waals surface area contributed by atoms with Gasteiger partial charge in [0, 0.05) is 18.7 Å². The zero-order valence-corrected chi connectivity index (χ0v) is 19.4. The van der Waals surface area contributed by atoms with Gasteiger partial charge < -0.3 is 49.9 Å². The van der Waals surface area contributed by atoms with Gasteiger partial charge in [-0.05, 0) is 6.92 Å². The maximum Gasteiger partial charge on any atom is 0.478 e. The number of ether oxygens (including phenoxy) is 2. The first-order valence-electron chi connectivity index (χ1n) is 9.87. The van der Waals surface area contributed by atoms with Gasteiger partial charge in [0.15, 0.2) is 12.5 Å². The van der Waals surface area contributed by atoms with Gasteiger partial charge in [0.1, 0.15) is 30.2 Å². The number of phosphoric ester groups is 2. The molecule has 10 atom stereocenters. The van der Waals surface area contributed by atoms with E-state index in [1.165, 1.54) is 18.0 Å². The van der Waals surface area contributed by atoms with Crippen molar-refractivity contribution >= 4 is 21.6 Å². The fraction of sp³-hybridized carbons (Fsp3) is 0.688. The third kappa shape index (κ3) is 6.50. The molecule has 1 amide bonds. The van der Waals surface area contributed by atoms with Crippen molar-refractivity contribution in [2.24, 2.45) is 0 Å². The predicted molar refractivity (Wildman–Crippen MR) is 105 cm³/mol. The number of hydrogen-bond donors (Lipinski definition) is 6. The van der Waals surface area contributed by atoms with E-state index in [9.17, 15) is 44.1 Å². The lowest BCUT2D eigenvalue weighted by Crippen LogP contribution is -2.48. The molecule has 3 heterocycles. The Bertz CT molecular complexity index is 916. The monoisotopic (exact) mass is 531 g/mol. The van der Waals surface area contributed by atoms with Crippen LogP contribution in [0.25, 0.3) is 0 Å². The van der Waals surface area contributed by atoms with Crippen LogP contribution in [-0.4, -0.2) is 91.9 Å². The Hall–Kier alpha value is -1.23. The molecule has 0 aromatic carbocycles. The van der Waals surface area contributed by atoms with Crippen LogP contribution in [0, 0.1) is 0 Å². The van der Waals surface area contributed by atoms with Crippen LogP contribution in [0.1, 0.15) is 13.3 Å². The zero-order valence-electron chi connectivity index (χ0n) is 17.6. The first-order valence-corrected chi connectivity index (χ1v) is 12.8. The molecule has 0 aromatic heterocycles. The van der Waals surface area contributed by atoms with Crippen LogP contribution in [0.15, 0.2) is 24.7 Å². The molecule has 3 rings (SSSR count). The summed E-state index contributed by atoms with van der Waals surface area (Å²) in [5.41, 5.74) is 0. The summed E-state index contributed by atoms with van der Waals surface area (Å²) < 4.78 is 47.7. The van der Waals surface area contributed by atoms with Crippen LogP contribution in [-0.2, 0) is 36.8 Å². The van der Waals surface area contributed by atoms with E-state index in [-0.39, 0.29) is 12.2 Å². The van der Waals surface area contributed by atoms with Gasteiger partial charge in [-0.15, -0.1) is 0 Å². The minimum Gasteiger partial charge on any atom is -0.756 e. The summed E-state index contributed by atoms with van der Waals surface area (Å²) in [7, 11) is -11.0. The molecule has 0 spiro atoms. The van der Waals surface area contributed by atoms with Crippen molar-refractivity contribution in [1.82, 2.24) is 10.2 Å². The SMILES string of the molecule is C=C1NC(=O)C=CN1[C@@H]1O[C@H](COP(=O)(O)OP(=O)([O-])O[C@@H]2OC(C)C[C@H](O)C2O)[C@H](O)C1O. The van der Waals surface area contributed by atoms with Gasteiger partial charge in [-0.25, -0.2) is 8.88 Å². The lowest BCUT2D eigenvalue weighted by Gasteiger charge is -2.38. The second kappa shape index (κ2) is 10.4. The maximum atomic E-state index is 12.1. The third-order valence-corrected chi connectivity index (χ3v) is 7.59. The van der Waals surface area contributed by atoms with Crippen molar-refractivity contribution in [2.45, 2.75) is 62.5 Å². The van der Waals surface area contributed by atoms with Crippen LogP contribution < -0.4 is 10.2 Å². The molecule has 0 bridgehead atoms. The predicted octanol–water partition coefficient (Wildman–Crippen LogP) is -2.67. The normalized spacial score (nSPS) is 40.0. The van der Waals surface area contributed by atoms with Crippen LogP contribution in [0.2, 0.25) is 0 Å². The van der Waals surface area contributed by atoms with Crippen molar-refractivity contribution in [2.75, 3.05) is 6.61 Å². The van der Waals surface area contributed by atoms with Crippen molar-refractivity contribution in [1.29, 1.82) is 0 Å². The first kappa shape index (κ1) is 27.4. The Morgan fingerprint density at radius 2 is 1.91 bits per heavy atom. The van der Waals surface area contributed by atoms with Gasteiger partial charge in [-0.3, -0.25) is 18.4 Å². The van der Waals surface area contributed by atoms with Gasteiger partial charge >= 0.3 is 7.82 Å². The topological polar surface area (TPSA) is 237 Å². The molecule has 0 aliphatic carbocycles. The summed E-state index contributed by atoms with van der Waals surface area (Å²) >= 11 is 0. The average Bonchev–Trinajstić information content (AvgIpc) is 2.97. The molecule has 6 N–H and O–H groups in total. The molecule has 3 aliphatic rings. The number of amides is 1. The zero-order chi connectivity index (χ0) is 25.4. The fourth-order valence-corrected chi connectivity index (χ4v) is 5.52. The summed E-state index contributed by atoms with van der Waals surface area (Å²) in [5.74, 6) is -0.454. The largest absolute Gasteiger partial charge is 0.756 e. The lowest BCUT2D eigenvalue weighted by atomic mass is 10.0. The summed E-state index contributed by atoms with van der Waals surface area (Å²) in [4.78, 5) is 34.3. The standard InChI is InChI=1S/C16H26N2O14P2/c1-7-5-9(19)12(21)16(29-7)31-34(26,27)32-33(24,25)28-6-10-13(22)14(23)15(30-10)18-4-3-11(20)17-8(18)2/h3-4,7,9-10,12-16,19,21-23H,2,5-6H2,1H3,(H,17,20)(H,24,25)(H,26,27)/p-1/t7?,9-,10+,12?,13-,14?,15+,16-/m0/s1. The summed E-state index contributed by atoms with van der Waals surface area (Å²) in [6.45, 7) is 4.14. The first-order chi connectivity index (χ1) is 15.7. The number of phosphoric acid groups is 2. The van der Waals surface area contributed by atoms with Crippen molar-refractivity contribution in [3.8, 4) is 0 Å². The van der Waals surface area contributed by atoms with E-state index in [0.717, 1.165) is 6.08 Å². The molecule has 0 aromatic rings. The second-order valence-electron chi connectivity index (χ2n) is 7.71. The molecule has 0 saturated carbocycles. The average molecular weight is 531 g/mol. The molecule has 16 nitrogen and oxygen atoms in total. The fourth-order valence-electron chi connectivity index (χ4n) is 3.40. The Balaban J connectivity index is 1.57. The van der Waals surface area contributed by atoms with E-state index in [0.29, 0.717) is 0 Å². The Morgan fingerprint density at radius 1 is 1.24 bits per heavy atom. The van der Waals surface area contributed by atoms with Gasteiger partial charge in [0.25, 0.3) is 13.7 Å². The summed E-state index contributed by atoms with van der Waals surface area (Å²) in [6.07, 6.45) is -9.31. The van der Waals surface area contributed by atoms with Crippen LogP contribution in [0.3, 0.4) is 0 Å². The van der Waals surface area contributed by atoms with E-state index in [1.54, 1.807) is 0 Å². The number of carbonyl (C=O) groups excluding carboxylic acids is 1. The van der Waals surface area contributed by atoms with Gasteiger partial charge in [0.05, 0.1) is 18.8 Å². The molecule has 2 saturated heterocycles. The number of hydrogen-bond acceptors (Lipinski definition) is 14. The molecular weight excluding hydrogens is 506 g/mol. The minimum atomic E-state index is -5.62. The van der Waals surface area contributed by atoms with Crippen LogP contribution in [0.5, 0.6) is 0 Å². The van der Waals surface area contributed by atoms with Crippen LogP contribution in [0.4, 0.5) is 0 Å². The highest BCUT2D eigenvalue weighted by Crippen LogP contribution is 2.59. The molecule has 0 radical (unpaired) electrons. The van der Waals surface area contributed by atoms with E-state index in [1.807, 2.05) is 0 Å². The smallest absolute Gasteiger partial charge is 0.478 e. The quantitative estimate of drug-likeness (QED) is 0.175. The molecule has 5 unspecified atom stereocenters. The molecule has 3 aliphatic heterocycles. The lowest BCUT2D eigenvalue weighted by molar-refractivity contribution is -0.276. The Kier molecular flexibility index (Phi) is 8.37. The minimum absolute atomic E-state index is 0.00383. The molecule has 2 fully saturated rings. The molecule has 194 valence electrons. The second-order valence-corrected chi connectivity index (χ2v) is 10.7.